The zero-order valence-electron chi connectivity index (χ0n) is 15.3. The molecule has 0 spiro atoms. The van der Waals surface area contributed by atoms with Gasteiger partial charge in [0.15, 0.2) is 17.6 Å². The first-order valence-electron chi connectivity index (χ1n) is 8.68. The third-order valence-corrected chi connectivity index (χ3v) is 5.09. The van der Waals surface area contributed by atoms with Crippen LogP contribution in [0.2, 0.25) is 5.28 Å². The third kappa shape index (κ3) is 3.43. The molecule has 3 N–H and O–H groups in total. The van der Waals surface area contributed by atoms with Gasteiger partial charge in [-0.15, -0.1) is 0 Å². The van der Waals surface area contributed by atoms with Gasteiger partial charge in [-0.3, -0.25) is 4.68 Å². The molecule has 0 aromatic carbocycles. The highest BCUT2D eigenvalue weighted by Crippen LogP contribution is 2.42. The standard InChI is InChI=1S/C16H15ClF3N7O3/c1-6-3-23-27(4-6)7-2-8(11(10(7)28)30-14(29)16(18,19)20)26-5-22-9-12(21)24-15(17)25-13(9)26/h3-5,7-8,10-11,28H,2H2,1H3,(H2,21,24,25)/t7-,8+,10+,11-/m0/s1. The van der Waals surface area contributed by atoms with E-state index >= 15 is 0 Å². The van der Waals surface area contributed by atoms with Gasteiger partial charge in [0.05, 0.1) is 24.6 Å². The van der Waals surface area contributed by atoms with Crippen LogP contribution in [0.4, 0.5) is 19.0 Å². The molecule has 30 heavy (non-hydrogen) atoms. The quantitative estimate of drug-likeness (QED) is 0.458. The van der Waals surface area contributed by atoms with E-state index in [0.29, 0.717) is 0 Å². The molecule has 160 valence electrons. The second-order valence-corrected chi connectivity index (χ2v) is 7.27. The summed E-state index contributed by atoms with van der Waals surface area (Å²) in [5, 5.41) is 14.7. The number of esters is 1. The van der Waals surface area contributed by atoms with Crippen LogP contribution < -0.4 is 5.73 Å². The Morgan fingerprint density at radius 3 is 2.73 bits per heavy atom. The van der Waals surface area contributed by atoms with E-state index in [9.17, 15) is 23.1 Å². The zero-order chi connectivity index (χ0) is 21.8. The van der Waals surface area contributed by atoms with Crippen molar-refractivity contribution in [3.8, 4) is 0 Å². The van der Waals surface area contributed by atoms with Crippen LogP contribution in [0.1, 0.15) is 24.1 Å². The van der Waals surface area contributed by atoms with E-state index in [-0.39, 0.29) is 28.7 Å². The lowest BCUT2D eigenvalue weighted by atomic mass is 10.2. The number of aromatic nitrogens is 6. The first kappa shape index (κ1) is 20.3. The third-order valence-electron chi connectivity index (χ3n) is 4.92. The highest BCUT2D eigenvalue weighted by atomic mass is 35.5. The number of aliphatic hydroxyl groups is 1. The number of hydrogen-bond donors (Lipinski definition) is 2. The van der Waals surface area contributed by atoms with Crippen molar-refractivity contribution in [1.29, 1.82) is 0 Å². The molecular formula is C16H15ClF3N7O3. The molecule has 4 atom stereocenters. The number of nitrogens with two attached hydrogens (primary N) is 1. The zero-order valence-corrected chi connectivity index (χ0v) is 16.0. The normalized spacial score (nSPS) is 24.5. The number of aryl methyl sites for hydroxylation is 1. The molecule has 1 aliphatic carbocycles. The van der Waals surface area contributed by atoms with Crippen LogP contribution in [0.3, 0.4) is 0 Å². The summed E-state index contributed by atoms with van der Waals surface area (Å²) in [5.74, 6) is -2.43. The van der Waals surface area contributed by atoms with Crippen LogP contribution in [-0.4, -0.2) is 58.8 Å². The van der Waals surface area contributed by atoms with Crippen LogP contribution in [0.15, 0.2) is 18.7 Å². The molecule has 0 amide bonds. The molecule has 0 unspecified atom stereocenters. The monoisotopic (exact) mass is 445 g/mol. The Bertz CT molecular complexity index is 1120. The van der Waals surface area contributed by atoms with Gasteiger partial charge in [0.25, 0.3) is 0 Å². The van der Waals surface area contributed by atoms with Crippen molar-refractivity contribution in [2.75, 3.05) is 5.73 Å². The van der Waals surface area contributed by atoms with E-state index in [1.54, 1.807) is 13.1 Å². The summed E-state index contributed by atoms with van der Waals surface area (Å²) in [4.78, 5) is 23.4. The average Bonchev–Trinajstić information content (AvgIpc) is 3.33. The van der Waals surface area contributed by atoms with Crippen LogP contribution in [-0.2, 0) is 9.53 Å². The van der Waals surface area contributed by atoms with Gasteiger partial charge in [-0.1, -0.05) is 0 Å². The summed E-state index contributed by atoms with van der Waals surface area (Å²) in [7, 11) is 0. The molecule has 0 radical (unpaired) electrons. The number of halogens is 4. The first-order valence-corrected chi connectivity index (χ1v) is 9.06. The number of aliphatic hydroxyl groups excluding tert-OH is 1. The van der Waals surface area contributed by atoms with Crippen LogP contribution in [0, 0.1) is 6.92 Å². The van der Waals surface area contributed by atoms with Crippen LogP contribution >= 0.6 is 11.6 Å². The molecule has 1 fully saturated rings. The van der Waals surface area contributed by atoms with Gasteiger partial charge in [0.1, 0.15) is 11.6 Å². The highest BCUT2D eigenvalue weighted by Gasteiger charge is 2.51. The molecule has 3 heterocycles. The van der Waals surface area contributed by atoms with Gasteiger partial charge in [0.2, 0.25) is 5.28 Å². The Morgan fingerprint density at radius 1 is 1.37 bits per heavy atom. The van der Waals surface area contributed by atoms with Crippen molar-refractivity contribution in [3.05, 3.63) is 29.6 Å². The Kier molecular flexibility index (Phi) is 4.81. The Morgan fingerprint density at radius 2 is 2.10 bits per heavy atom. The highest BCUT2D eigenvalue weighted by molar-refractivity contribution is 6.28. The van der Waals surface area contributed by atoms with Crippen molar-refractivity contribution in [2.45, 2.75) is 43.8 Å². The van der Waals surface area contributed by atoms with Crippen molar-refractivity contribution >= 4 is 34.6 Å². The number of ether oxygens (including phenoxy) is 1. The van der Waals surface area contributed by atoms with Crippen LogP contribution in [0.25, 0.3) is 11.2 Å². The molecule has 1 aliphatic rings. The van der Waals surface area contributed by atoms with E-state index in [1.807, 2.05) is 0 Å². The fourth-order valence-corrected chi connectivity index (χ4v) is 3.78. The summed E-state index contributed by atoms with van der Waals surface area (Å²) < 4.78 is 46.0. The number of carbonyl (C=O) groups is 1. The summed E-state index contributed by atoms with van der Waals surface area (Å²) in [6.45, 7) is 1.77. The molecule has 3 aromatic heterocycles. The lowest BCUT2D eigenvalue weighted by Gasteiger charge is -2.24. The summed E-state index contributed by atoms with van der Waals surface area (Å²) in [6.07, 6.45) is -3.75. The van der Waals surface area contributed by atoms with E-state index < -0.39 is 36.4 Å². The Balaban J connectivity index is 1.78. The molecule has 14 heteroatoms. The first-order chi connectivity index (χ1) is 14.1. The minimum Gasteiger partial charge on any atom is -0.451 e. The van der Waals surface area contributed by atoms with Crippen molar-refractivity contribution in [3.63, 3.8) is 0 Å². The minimum atomic E-state index is -5.22. The molecule has 0 aliphatic heterocycles. The number of nitrogen functional groups attached to an aromatic ring is 1. The summed E-state index contributed by atoms with van der Waals surface area (Å²) >= 11 is 5.86. The number of nitrogens with zero attached hydrogens (tertiary/aromatic N) is 6. The summed E-state index contributed by atoms with van der Waals surface area (Å²) in [5.41, 5.74) is 6.88. The van der Waals surface area contributed by atoms with Gasteiger partial charge < -0.3 is 20.1 Å². The van der Waals surface area contributed by atoms with E-state index in [1.165, 1.54) is 21.8 Å². The average molecular weight is 446 g/mol. The number of fused-ring (bicyclic) bond motifs is 1. The van der Waals surface area contributed by atoms with Gasteiger partial charge in [-0.25, -0.2) is 9.78 Å². The topological polar surface area (TPSA) is 134 Å². The number of imidazole rings is 1. The fraction of sp³-hybridized carbons (Fsp3) is 0.438. The van der Waals surface area contributed by atoms with Gasteiger partial charge >= 0.3 is 12.1 Å². The predicted octanol–water partition coefficient (Wildman–Crippen LogP) is 1.59. The molecule has 10 nitrogen and oxygen atoms in total. The van der Waals surface area contributed by atoms with E-state index in [4.69, 9.17) is 17.3 Å². The number of hydrogen-bond acceptors (Lipinski definition) is 8. The van der Waals surface area contributed by atoms with E-state index in [0.717, 1.165) is 5.56 Å². The SMILES string of the molecule is Cc1cnn([C@H]2C[C@@H](n3cnc4c(N)nc(Cl)nc43)[C@H](OC(=O)C(F)(F)F)[C@@H]2O)c1. The maximum atomic E-state index is 12.8. The van der Waals surface area contributed by atoms with Gasteiger partial charge in [-0.05, 0) is 30.5 Å². The van der Waals surface area contributed by atoms with Crippen LogP contribution in [0.5, 0.6) is 0 Å². The molecular weight excluding hydrogens is 431 g/mol. The maximum absolute atomic E-state index is 12.8. The number of carbonyl (C=O) groups excluding carboxylic acids is 1. The lowest BCUT2D eigenvalue weighted by molar-refractivity contribution is -0.210. The van der Waals surface area contributed by atoms with Crippen molar-refractivity contribution in [2.24, 2.45) is 0 Å². The number of alkyl halides is 3. The van der Waals surface area contributed by atoms with Gasteiger partial charge in [0, 0.05) is 6.20 Å². The second-order valence-electron chi connectivity index (χ2n) is 6.93. The van der Waals surface area contributed by atoms with Crippen molar-refractivity contribution < 1.29 is 27.8 Å². The maximum Gasteiger partial charge on any atom is 0.490 e. The Labute approximate surface area is 171 Å². The van der Waals surface area contributed by atoms with E-state index in [2.05, 4.69) is 24.8 Å². The van der Waals surface area contributed by atoms with Crippen molar-refractivity contribution in [1.82, 2.24) is 29.3 Å². The lowest BCUT2D eigenvalue weighted by Crippen LogP contribution is -2.39. The molecule has 3 aromatic rings. The Hall–Kier alpha value is -2.93. The molecule has 1 saturated carbocycles. The number of anilines is 1. The predicted molar refractivity (Wildman–Crippen MR) is 96.3 cm³/mol. The smallest absolute Gasteiger partial charge is 0.451 e. The second kappa shape index (κ2) is 7.09. The largest absolute Gasteiger partial charge is 0.490 e. The molecule has 0 bridgehead atoms. The van der Waals surface area contributed by atoms with Gasteiger partial charge in [-0.2, -0.15) is 28.2 Å². The summed E-state index contributed by atoms with van der Waals surface area (Å²) in [6, 6.07) is -1.71. The molecule has 0 saturated heterocycles. The minimum absolute atomic E-state index is 0.0228. The molecule has 4 rings (SSSR count). The number of rotatable bonds is 3. The fourth-order valence-electron chi connectivity index (χ4n) is 3.61.